The number of halogens is 1. The number of aryl methyl sites for hydroxylation is 1. The molecule has 1 aromatic heterocycles. The van der Waals surface area contributed by atoms with Gasteiger partial charge in [0.1, 0.15) is 5.75 Å². The maximum Gasteiger partial charge on any atom is 0.230 e. The Bertz CT molecular complexity index is 1410. The number of thiocarbonyl (C=S) groups is 1. The largest absolute Gasteiger partial charge is 0.453 e. The molecular weight excluding hydrogens is 519 g/mol. The van der Waals surface area contributed by atoms with Crippen LogP contribution in [0.25, 0.3) is 0 Å². The summed E-state index contributed by atoms with van der Waals surface area (Å²) in [5.74, 6) is -0.0570. The standard InChI is InChI=1S/C29H29FN4O2S2/c1-18-5-3-4-6-20(18)15-27(35)33-29(37)32-21-7-8-24(22(30)16-21)36-25-9-12-31-23-17-26(38-28(23)25)19-10-13-34(2)14-11-19/h3-10,12,16,26H,11,13-15,17H2,1-2H3,(H2,32,33,35,37). The summed E-state index contributed by atoms with van der Waals surface area (Å²) in [5, 5.41) is 5.97. The van der Waals surface area contributed by atoms with E-state index in [0.29, 0.717) is 16.7 Å². The Labute approximate surface area is 231 Å². The van der Waals surface area contributed by atoms with Gasteiger partial charge in [-0.1, -0.05) is 35.9 Å². The Morgan fingerprint density at radius 1 is 1.24 bits per heavy atom. The number of benzene rings is 2. The molecule has 5 rings (SSSR count). The van der Waals surface area contributed by atoms with E-state index in [2.05, 4.69) is 33.6 Å². The zero-order valence-electron chi connectivity index (χ0n) is 21.3. The van der Waals surface area contributed by atoms with Gasteiger partial charge in [-0.2, -0.15) is 0 Å². The molecule has 1 atom stereocenters. The first-order valence-electron chi connectivity index (χ1n) is 12.5. The summed E-state index contributed by atoms with van der Waals surface area (Å²) in [6, 6.07) is 14.0. The van der Waals surface area contributed by atoms with Gasteiger partial charge in [-0.15, -0.1) is 11.8 Å². The molecule has 3 aromatic rings. The van der Waals surface area contributed by atoms with Gasteiger partial charge in [0.15, 0.2) is 16.7 Å². The smallest absolute Gasteiger partial charge is 0.230 e. The van der Waals surface area contributed by atoms with E-state index >= 15 is 4.39 Å². The summed E-state index contributed by atoms with van der Waals surface area (Å²) >= 11 is 7.00. The van der Waals surface area contributed by atoms with Crippen molar-refractivity contribution in [1.29, 1.82) is 0 Å². The zero-order valence-corrected chi connectivity index (χ0v) is 22.9. The average Bonchev–Trinajstić information content (AvgIpc) is 3.33. The Morgan fingerprint density at radius 2 is 2.08 bits per heavy atom. The van der Waals surface area contributed by atoms with E-state index in [9.17, 15) is 4.79 Å². The molecule has 196 valence electrons. The van der Waals surface area contributed by atoms with Crippen molar-refractivity contribution in [2.75, 3.05) is 25.5 Å². The molecular formula is C29H29FN4O2S2. The van der Waals surface area contributed by atoms with Crippen molar-refractivity contribution in [3.8, 4) is 11.5 Å². The van der Waals surface area contributed by atoms with Crippen molar-refractivity contribution in [1.82, 2.24) is 15.2 Å². The van der Waals surface area contributed by atoms with Crippen molar-refractivity contribution in [3.05, 3.63) is 89.0 Å². The lowest BCUT2D eigenvalue weighted by Gasteiger charge is -2.24. The maximum atomic E-state index is 15.0. The fourth-order valence-corrected chi connectivity index (χ4v) is 6.18. The van der Waals surface area contributed by atoms with Gasteiger partial charge in [0, 0.05) is 48.8 Å². The molecule has 3 heterocycles. The summed E-state index contributed by atoms with van der Waals surface area (Å²) in [5.41, 5.74) is 4.81. The maximum absolute atomic E-state index is 15.0. The van der Waals surface area contributed by atoms with E-state index in [1.807, 2.05) is 31.2 Å². The summed E-state index contributed by atoms with van der Waals surface area (Å²) in [6.07, 6.45) is 6.14. The third kappa shape index (κ3) is 6.23. The first kappa shape index (κ1) is 26.3. The highest BCUT2D eigenvalue weighted by molar-refractivity contribution is 8.00. The summed E-state index contributed by atoms with van der Waals surface area (Å²) < 4.78 is 21.0. The number of hydrogen-bond acceptors (Lipinski definition) is 6. The number of nitrogens with zero attached hydrogens (tertiary/aromatic N) is 2. The monoisotopic (exact) mass is 548 g/mol. The molecule has 0 fully saturated rings. The lowest BCUT2D eigenvalue weighted by molar-refractivity contribution is -0.119. The lowest BCUT2D eigenvalue weighted by atomic mass is 10.0. The number of thioether (sulfide) groups is 1. The second-order valence-electron chi connectivity index (χ2n) is 9.54. The molecule has 1 unspecified atom stereocenters. The van der Waals surface area contributed by atoms with Crippen LogP contribution in [0.2, 0.25) is 0 Å². The van der Waals surface area contributed by atoms with Crippen molar-refractivity contribution >= 4 is 40.7 Å². The van der Waals surface area contributed by atoms with Crippen LogP contribution in [0.15, 0.2) is 71.3 Å². The number of nitrogens with one attached hydrogen (secondary N) is 2. The first-order chi connectivity index (χ1) is 18.4. The van der Waals surface area contributed by atoms with Gasteiger partial charge in [0.2, 0.25) is 5.91 Å². The molecule has 2 aliphatic heterocycles. The number of pyridine rings is 1. The highest BCUT2D eigenvalue weighted by Crippen LogP contribution is 2.46. The van der Waals surface area contributed by atoms with Crippen molar-refractivity contribution in [2.45, 2.75) is 36.3 Å². The molecule has 0 aliphatic carbocycles. The SMILES string of the molecule is Cc1ccccc1CC(=O)NC(=S)Nc1ccc(Oc2ccnc3c2SC(C2=CCN(C)CC2)C3)c(F)c1. The number of amides is 1. The predicted octanol–water partition coefficient (Wildman–Crippen LogP) is 5.66. The minimum atomic E-state index is -0.535. The van der Waals surface area contributed by atoms with Gasteiger partial charge in [0.05, 0.1) is 17.0 Å². The van der Waals surface area contributed by atoms with Crippen molar-refractivity contribution < 1.29 is 13.9 Å². The molecule has 2 N–H and O–H groups in total. The molecule has 2 aliphatic rings. The van der Waals surface area contributed by atoms with Crippen LogP contribution >= 0.6 is 24.0 Å². The lowest BCUT2D eigenvalue weighted by Crippen LogP contribution is -2.35. The van der Waals surface area contributed by atoms with Crippen molar-refractivity contribution in [3.63, 3.8) is 0 Å². The van der Waals surface area contributed by atoms with E-state index in [0.717, 1.165) is 47.6 Å². The fraction of sp³-hybridized carbons (Fsp3) is 0.276. The Morgan fingerprint density at radius 3 is 2.84 bits per heavy atom. The van der Waals surface area contributed by atoms with Gasteiger partial charge in [-0.05, 0) is 55.9 Å². The molecule has 0 radical (unpaired) electrons. The van der Waals surface area contributed by atoms with Gasteiger partial charge < -0.3 is 20.3 Å². The van der Waals surface area contributed by atoms with E-state index in [1.165, 1.54) is 11.6 Å². The third-order valence-electron chi connectivity index (χ3n) is 6.72. The number of hydrogen-bond donors (Lipinski definition) is 2. The van der Waals surface area contributed by atoms with Crippen LogP contribution in [0.5, 0.6) is 11.5 Å². The van der Waals surface area contributed by atoms with E-state index in [1.54, 1.807) is 36.2 Å². The van der Waals surface area contributed by atoms with Crippen LogP contribution in [-0.4, -0.2) is 46.3 Å². The van der Waals surface area contributed by atoms with Gasteiger partial charge in [0.25, 0.3) is 0 Å². The second-order valence-corrected chi connectivity index (χ2v) is 11.2. The zero-order chi connectivity index (χ0) is 26.6. The quantitative estimate of drug-likeness (QED) is 0.305. The Hall–Kier alpha value is -3.27. The Balaban J connectivity index is 1.20. The van der Waals surface area contributed by atoms with Crippen molar-refractivity contribution in [2.24, 2.45) is 0 Å². The summed E-state index contributed by atoms with van der Waals surface area (Å²) in [4.78, 5) is 20.2. The van der Waals surface area contributed by atoms with E-state index in [4.69, 9.17) is 17.0 Å². The number of anilines is 1. The second kappa shape index (κ2) is 11.6. The van der Waals surface area contributed by atoms with Crippen LogP contribution < -0.4 is 15.4 Å². The van der Waals surface area contributed by atoms with Crippen LogP contribution in [0.3, 0.4) is 0 Å². The third-order valence-corrected chi connectivity index (χ3v) is 8.35. The number of aromatic nitrogens is 1. The van der Waals surface area contributed by atoms with E-state index in [-0.39, 0.29) is 23.2 Å². The minimum absolute atomic E-state index is 0.106. The number of carbonyl (C=O) groups excluding carboxylic acids is 1. The van der Waals surface area contributed by atoms with Gasteiger partial charge in [-0.25, -0.2) is 4.39 Å². The van der Waals surface area contributed by atoms with Crippen LogP contribution in [0.4, 0.5) is 10.1 Å². The van der Waals surface area contributed by atoms with Gasteiger partial charge >= 0.3 is 0 Å². The number of fused-ring (bicyclic) bond motifs is 1. The van der Waals surface area contributed by atoms with Crippen LogP contribution in [0, 0.1) is 12.7 Å². The molecule has 6 nitrogen and oxygen atoms in total. The summed E-state index contributed by atoms with van der Waals surface area (Å²) in [7, 11) is 2.13. The normalized spacial score (nSPS) is 16.9. The fourth-order valence-electron chi connectivity index (χ4n) is 4.56. The van der Waals surface area contributed by atoms with Crippen LogP contribution in [0.1, 0.15) is 23.2 Å². The van der Waals surface area contributed by atoms with E-state index < -0.39 is 5.82 Å². The molecule has 0 saturated heterocycles. The number of likely N-dealkylation sites (N-methyl/N-ethyl adjacent to an activating group) is 1. The Kier molecular flexibility index (Phi) is 8.06. The highest BCUT2D eigenvalue weighted by Gasteiger charge is 2.30. The molecule has 0 bridgehead atoms. The van der Waals surface area contributed by atoms with Gasteiger partial charge in [-0.3, -0.25) is 9.78 Å². The topological polar surface area (TPSA) is 66.5 Å². The number of rotatable bonds is 6. The molecule has 1 amide bonds. The number of carbonyl (C=O) groups is 1. The molecule has 0 saturated carbocycles. The molecule has 38 heavy (non-hydrogen) atoms. The highest BCUT2D eigenvalue weighted by atomic mass is 32.2. The average molecular weight is 549 g/mol. The molecule has 2 aromatic carbocycles. The first-order valence-corrected chi connectivity index (χ1v) is 13.8. The molecule has 0 spiro atoms. The summed E-state index contributed by atoms with van der Waals surface area (Å²) in [6.45, 7) is 3.97. The minimum Gasteiger partial charge on any atom is -0.453 e. The molecule has 9 heteroatoms. The number of ether oxygens (including phenoxy) is 1. The predicted molar refractivity (Wildman–Crippen MR) is 154 cm³/mol. The van der Waals surface area contributed by atoms with Crippen LogP contribution in [-0.2, 0) is 17.6 Å².